The molecule has 1 saturated carbocycles. The molecular weight excluding hydrogens is 481 g/mol. The van der Waals surface area contributed by atoms with Gasteiger partial charge < -0.3 is 14.8 Å². The fourth-order valence-corrected chi connectivity index (χ4v) is 4.97. The van der Waals surface area contributed by atoms with E-state index in [1.807, 2.05) is 12.3 Å². The molecule has 3 heterocycles. The minimum absolute atomic E-state index is 0.0169. The van der Waals surface area contributed by atoms with Gasteiger partial charge in [0.15, 0.2) is 0 Å². The lowest BCUT2D eigenvalue weighted by molar-refractivity contribution is -0.145. The first-order valence-electron chi connectivity index (χ1n) is 11.4. The number of ether oxygens (including phenoxy) is 2. The zero-order valence-corrected chi connectivity index (χ0v) is 19.5. The Hall–Kier alpha value is -3.05. The average Bonchev–Trinajstić information content (AvgIpc) is 3.48. The summed E-state index contributed by atoms with van der Waals surface area (Å²) in [5, 5.41) is 3.53. The summed E-state index contributed by atoms with van der Waals surface area (Å²) in [6.45, 7) is 1.10. The molecule has 11 heteroatoms. The van der Waals surface area contributed by atoms with Crippen LogP contribution in [0, 0.1) is 0 Å². The van der Waals surface area contributed by atoms with Gasteiger partial charge in [0.2, 0.25) is 5.82 Å². The molecule has 1 amide bonds. The second-order valence-corrected chi connectivity index (χ2v) is 9.70. The summed E-state index contributed by atoms with van der Waals surface area (Å²) >= 11 is 1.62. The number of thiazole rings is 1. The van der Waals surface area contributed by atoms with Crippen molar-refractivity contribution in [1.82, 2.24) is 20.3 Å². The number of alkyl halides is 3. The van der Waals surface area contributed by atoms with E-state index in [1.54, 1.807) is 23.5 Å². The smallest absolute Gasteiger partial charge is 0.451 e. The third kappa shape index (κ3) is 5.62. The summed E-state index contributed by atoms with van der Waals surface area (Å²) in [6.07, 6.45) is 3.66. The summed E-state index contributed by atoms with van der Waals surface area (Å²) in [5.74, 6) is -0.510. The third-order valence-corrected chi connectivity index (χ3v) is 7.26. The van der Waals surface area contributed by atoms with Gasteiger partial charge in [0.1, 0.15) is 16.9 Å². The molecule has 1 saturated heterocycles. The molecule has 1 N–H and O–H groups in total. The van der Waals surface area contributed by atoms with E-state index in [9.17, 15) is 18.0 Å². The zero-order chi connectivity index (χ0) is 24.4. The van der Waals surface area contributed by atoms with Crippen molar-refractivity contribution in [1.29, 1.82) is 0 Å². The summed E-state index contributed by atoms with van der Waals surface area (Å²) in [5.41, 5.74) is 1.50. The second-order valence-electron chi connectivity index (χ2n) is 8.64. The lowest BCUT2D eigenvalue weighted by Gasteiger charge is -2.23. The summed E-state index contributed by atoms with van der Waals surface area (Å²) in [4.78, 5) is 25.4. The summed E-state index contributed by atoms with van der Waals surface area (Å²) in [7, 11) is 0. The van der Waals surface area contributed by atoms with Gasteiger partial charge >= 0.3 is 6.18 Å². The van der Waals surface area contributed by atoms with E-state index in [2.05, 4.69) is 20.3 Å². The van der Waals surface area contributed by atoms with Crippen LogP contribution in [0.5, 0.6) is 5.75 Å². The number of hydrogen-bond donors (Lipinski definition) is 1. The molecule has 0 bridgehead atoms. The number of nitrogens with zero attached hydrogens (tertiary/aromatic N) is 3. The summed E-state index contributed by atoms with van der Waals surface area (Å²) in [6, 6.07) is 5.28. The minimum Gasteiger partial charge on any atom is -0.488 e. The van der Waals surface area contributed by atoms with Crippen LogP contribution in [-0.2, 0) is 17.5 Å². The molecule has 184 valence electrons. The first-order chi connectivity index (χ1) is 16.8. The van der Waals surface area contributed by atoms with Crippen LogP contribution in [-0.4, -0.2) is 40.2 Å². The molecule has 5 rings (SSSR count). The maximum atomic E-state index is 13.0. The highest BCUT2D eigenvalue weighted by molar-refractivity contribution is 7.15. The van der Waals surface area contributed by atoms with Gasteiger partial charge in [-0.25, -0.2) is 15.0 Å². The predicted molar refractivity (Wildman–Crippen MR) is 122 cm³/mol. The highest BCUT2D eigenvalue weighted by Gasteiger charge is 2.34. The number of halogens is 3. The average molecular weight is 505 g/mol. The van der Waals surface area contributed by atoms with Gasteiger partial charge in [-0.15, -0.1) is 11.3 Å². The number of rotatable bonds is 7. The van der Waals surface area contributed by atoms with Crippen LogP contribution in [0.4, 0.5) is 13.2 Å². The van der Waals surface area contributed by atoms with E-state index in [0.717, 1.165) is 29.4 Å². The van der Waals surface area contributed by atoms with Crippen molar-refractivity contribution >= 4 is 17.2 Å². The number of carbonyl (C=O) groups excluding carboxylic acids is 1. The molecule has 2 fully saturated rings. The number of amides is 1. The third-order valence-electron chi connectivity index (χ3n) is 6.05. The standard InChI is InChI=1S/C24H23F3N4O3S/c25-24(26,27)23-30-10-14(11-31-23)9-28-21(32)16-6-17(8-19(7-16)34-18-4-5-33-13-18)22-29-12-20(35-22)15-2-1-3-15/h6-8,10-12,15,18H,1-5,9,13H2,(H,28,32). The van der Waals surface area contributed by atoms with E-state index in [1.165, 1.54) is 24.1 Å². The zero-order valence-electron chi connectivity index (χ0n) is 18.7. The molecule has 7 nitrogen and oxygen atoms in total. The fraction of sp³-hybridized carbons (Fsp3) is 0.417. The van der Waals surface area contributed by atoms with Gasteiger partial charge in [0.05, 0.1) is 13.2 Å². The predicted octanol–water partition coefficient (Wildman–Crippen LogP) is 4.98. The Kier molecular flexibility index (Phi) is 6.70. The lowest BCUT2D eigenvalue weighted by atomic mass is 9.85. The van der Waals surface area contributed by atoms with Gasteiger partial charge in [-0.2, -0.15) is 13.2 Å². The number of hydrogen-bond acceptors (Lipinski definition) is 7. The van der Waals surface area contributed by atoms with Crippen LogP contribution in [0.3, 0.4) is 0 Å². The first kappa shape index (κ1) is 23.7. The number of carbonyl (C=O) groups is 1. The van der Waals surface area contributed by atoms with Gasteiger partial charge in [-0.3, -0.25) is 4.79 Å². The van der Waals surface area contributed by atoms with E-state index in [-0.39, 0.29) is 12.6 Å². The van der Waals surface area contributed by atoms with Crippen LogP contribution in [0.25, 0.3) is 10.6 Å². The van der Waals surface area contributed by atoms with Crippen molar-refractivity contribution < 1.29 is 27.4 Å². The van der Waals surface area contributed by atoms with E-state index in [4.69, 9.17) is 9.47 Å². The Morgan fingerprint density at radius 3 is 2.57 bits per heavy atom. The topological polar surface area (TPSA) is 86.2 Å². The Morgan fingerprint density at radius 2 is 1.91 bits per heavy atom. The van der Waals surface area contributed by atoms with Crippen LogP contribution in [0.15, 0.2) is 36.8 Å². The molecule has 1 unspecified atom stereocenters. The molecule has 0 spiro atoms. The van der Waals surface area contributed by atoms with Crippen LogP contribution in [0.2, 0.25) is 0 Å². The molecule has 35 heavy (non-hydrogen) atoms. The largest absolute Gasteiger partial charge is 0.488 e. The normalized spacial score (nSPS) is 18.3. The van der Waals surface area contributed by atoms with Crippen LogP contribution >= 0.6 is 11.3 Å². The maximum absolute atomic E-state index is 13.0. The highest BCUT2D eigenvalue weighted by atomic mass is 32.1. The molecule has 2 aromatic heterocycles. The SMILES string of the molecule is O=C(NCc1cnc(C(F)(F)F)nc1)c1cc(OC2CCOC2)cc(-c2ncc(C3CCC3)s2)c1. The van der Waals surface area contributed by atoms with Gasteiger partial charge in [0.25, 0.3) is 5.91 Å². The number of benzene rings is 1. The number of aromatic nitrogens is 3. The lowest BCUT2D eigenvalue weighted by Crippen LogP contribution is -2.24. The van der Waals surface area contributed by atoms with Gasteiger partial charge in [-0.1, -0.05) is 6.42 Å². The van der Waals surface area contributed by atoms with Crippen molar-refractivity contribution in [3.63, 3.8) is 0 Å². The van der Waals surface area contributed by atoms with Crippen molar-refractivity contribution in [3.05, 3.63) is 58.6 Å². The highest BCUT2D eigenvalue weighted by Crippen LogP contribution is 2.41. The van der Waals surface area contributed by atoms with Crippen molar-refractivity contribution in [2.24, 2.45) is 0 Å². The molecule has 1 aliphatic carbocycles. The van der Waals surface area contributed by atoms with E-state index in [0.29, 0.717) is 36.0 Å². The Labute approximate surface area is 203 Å². The fourth-order valence-electron chi connectivity index (χ4n) is 3.90. The number of nitrogens with one attached hydrogen (secondary N) is 1. The van der Waals surface area contributed by atoms with Crippen LogP contribution < -0.4 is 10.1 Å². The van der Waals surface area contributed by atoms with E-state index < -0.39 is 17.9 Å². The molecule has 3 aromatic rings. The molecule has 1 aliphatic heterocycles. The van der Waals surface area contributed by atoms with Crippen molar-refractivity contribution in [2.45, 2.75) is 50.4 Å². The monoisotopic (exact) mass is 504 g/mol. The second kappa shape index (κ2) is 9.90. The first-order valence-corrected chi connectivity index (χ1v) is 12.2. The molecule has 1 aromatic carbocycles. The van der Waals surface area contributed by atoms with Crippen LogP contribution in [0.1, 0.15) is 58.2 Å². The van der Waals surface area contributed by atoms with Gasteiger partial charge in [-0.05, 0) is 37.0 Å². The Bertz CT molecular complexity index is 1190. The van der Waals surface area contributed by atoms with Gasteiger partial charge in [0, 0.05) is 53.1 Å². The molecule has 1 atom stereocenters. The Balaban J connectivity index is 1.34. The molecular formula is C24H23F3N4O3S. The Morgan fingerprint density at radius 1 is 1.11 bits per heavy atom. The summed E-state index contributed by atoms with van der Waals surface area (Å²) < 4.78 is 49.5. The quantitative estimate of drug-likeness (QED) is 0.488. The maximum Gasteiger partial charge on any atom is 0.451 e. The molecule has 2 aliphatic rings. The molecule has 0 radical (unpaired) electrons. The minimum atomic E-state index is -4.61. The van der Waals surface area contributed by atoms with Crippen molar-refractivity contribution in [2.75, 3.05) is 13.2 Å². The van der Waals surface area contributed by atoms with E-state index >= 15 is 0 Å². The van der Waals surface area contributed by atoms with Crippen molar-refractivity contribution in [3.8, 4) is 16.3 Å².